The molecule has 0 N–H and O–H groups in total. The van der Waals surface area contributed by atoms with Crippen LogP contribution in [0, 0.1) is 12.1 Å². The van der Waals surface area contributed by atoms with Crippen LogP contribution in [0.2, 0.25) is 0 Å². The minimum atomic E-state index is 0.953. The molecule has 0 unspecified atom stereocenters. The van der Waals surface area contributed by atoms with Crippen molar-refractivity contribution in [1.82, 2.24) is 9.13 Å². The summed E-state index contributed by atoms with van der Waals surface area (Å²) in [5.74, 6) is 0. The van der Waals surface area contributed by atoms with Gasteiger partial charge in [0.2, 0.25) is 0 Å². The SMILES string of the molecule is c1c(-c2cc(-c3ccccc3)cc(-c3ccccc3)c2)ccc(-n2c3c(c4ccccc42)-c2c(c4ccccc4n2-c2ccccc2)CC3)c#1. The first-order valence-corrected chi connectivity index (χ1v) is 17.3. The quantitative estimate of drug-likeness (QED) is 0.178. The molecule has 1 aliphatic carbocycles. The van der Waals surface area contributed by atoms with Gasteiger partial charge in [-0.05, 0) is 107 Å². The number of aromatic nitrogens is 2. The highest BCUT2D eigenvalue weighted by atomic mass is 15.0. The van der Waals surface area contributed by atoms with Crippen LogP contribution in [0.5, 0.6) is 0 Å². The van der Waals surface area contributed by atoms with E-state index in [1.807, 2.05) is 0 Å². The number of para-hydroxylation sites is 3. The standard InChI is InChI=1S/C48H32N2/c1-4-14-33(15-5-1)36-30-37(34-16-6-2-7-17-34)32-38(31-36)35-24-26-40(27-25-35)49-45-23-13-11-21-43(45)47-46(49)29-28-42-41-20-10-12-22-44(41)50(48(42)47)39-18-8-3-9-19-39/h1-24,26,30-32H,28-29H2. The van der Waals surface area contributed by atoms with Gasteiger partial charge in [0.05, 0.1) is 22.4 Å². The van der Waals surface area contributed by atoms with Crippen LogP contribution in [0.15, 0.2) is 170 Å². The van der Waals surface area contributed by atoms with Crippen LogP contribution in [0.25, 0.3) is 77.8 Å². The van der Waals surface area contributed by atoms with Gasteiger partial charge in [0.15, 0.2) is 0 Å². The van der Waals surface area contributed by atoms with Crippen LogP contribution in [0.4, 0.5) is 0 Å². The van der Waals surface area contributed by atoms with E-state index in [0.717, 1.165) is 29.7 Å². The summed E-state index contributed by atoms with van der Waals surface area (Å²) in [5, 5.41) is 2.61. The number of nitrogens with zero attached hydrogens (tertiary/aromatic N) is 2. The molecule has 0 spiro atoms. The molecule has 2 nitrogen and oxygen atoms in total. The third-order valence-corrected chi connectivity index (χ3v) is 10.2. The maximum atomic E-state index is 3.63. The van der Waals surface area contributed by atoms with Crippen LogP contribution in [0.1, 0.15) is 11.3 Å². The lowest BCUT2D eigenvalue weighted by atomic mass is 9.91. The number of fused-ring (bicyclic) bond motifs is 7. The molecular formula is C48H32N2. The van der Waals surface area contributed by atoms with Crippen molar-refractivity contribution in [2.24, 2.45) is 0 Å². The summed E-state index contributed by atoms with van der Waals surface area (Å²) in [6, 6.07) is 68.3. The van der Waals surface area contributed by atoms with Gasteiger partial charge in [-0.25, -0.2) is 0 Å². The third-order valence-electron chi connectivity index (χ3n) is 10.2. The zero-order valence-electron chi connectivity index (χ0n) is 27.5. The lowest BCUT2D eigenvalue weighted by Crippen LogP contribution is -2.09. The Hall–Kier alpha value is -6.56. The summed E-state index contributed by atoms with van der Waals surface area (Å²) >= 11 is 0. The molecule has 0 radical (unpaired) electrons. The predicted molar refractivity (Wildman–Crippen MR) is 207 cm³/mol. The first-order chi connectivity index (χ1) is 24.8. The molecule has 1 aliphatic rings. The second kappa shape index (κ2) is 11.5. The highest BCUT2D eigenvalue weighted by Gasteiger charge is 2.30. The van der Waals surface area contributed by atoms with E-state index in [9.17, 15) is 0 Å². The molecule has 0 saturated heterocycles. The van der Waals surface area contributed by atoms with E-state index in [1.165, 1.54) is 72.3 Å². The van der Waals surface area contributed by atoms with Crippen molar-refractivity contribution in [2.45, 2.75) is 12.8 Å². The lowest BCUT2D eigenvalue weighted by Gasteiger charge is -2.20. The Morgan fingerprint density at radius 1 is 0.420 bits per heavy atom. The van der Waals surface area contributed by atoms with Gasteiger partial charge >= 0.3 is 0 Å². The zero-order chi connectivity index (χ0) is 33.0. The number of aryl methyl sites for hydroxylation is 1. The molecule has 7 aromatic carbocycles. The summed E-state index contributed by atoms with van der Waals surface area (Å²) in [7, 11) is 0. The summed E-state index contributed by atoms with van der Waals surface area (Å²) in [5.41, 5.74) is 17.0. The molecule has 2 heterocycles. The molecule has 10 rings (SSSR count). The molecule has 2 aromatic heterocycles. The van der Waals surface area contributed by atoms with Gasteiger partial charge in [-0.3, -0.25) is 0 Å². The van der Waals surface area contributed by atoms with Crippen LogP contribution in [-0.2, 0) is 12.8 Å². The van der Waals surface area contributed by atoms with Crippen molar-refractivity contribution < 1.29 is 0 Å². The van der Waals surface area contributed by atoms with Gasteiger partial charge < -0.3 is 9.13 Å². The minimum Gasteiger partial charge on any atom is -0.309 e. The van der Waals surface area contributed by atoms with Crippen molar-refractivity contribution in [2.75, 3.05) is 0 Å². The topological polar surface area (TPSA) is 9.86 Å². The number of benzene rings is 6. The van der Waals surface area contributed by atoms with Gasteiger partial charge in [0.25, 0.3) is 0 Å². The fraction of sp³-hybridized carbons (Fsp3) is 0.0417. The molecule has 0 atom stereocenters. The maximum absolute atomic E-state index is 3.63. The molecule has 0 fully saturated rings. The van der Waals surface area contributed by atoms with E-state index in [1.54, 1.807) is 0 Å². The van der Waals surface area contributed by atoms with Crippen LogP contribution >= 0.6 is 0 Å². The third kappa shape index (κ3) is 4.52. The lowest BCUT2D eigenvalue weighted by molar-refractivity contribution is 0.863. The van der Waals surface area contributed by atoms with E-state index in [0.29, 0.717) is 0 Å². The summed E-state index contributed by atoms with van der Waals surface area (Å²) in [6.07, 6.45) is 1.93. The summed E-state index contributed by atoms with van der Waals surface area (Å²) in [6.45, 7) is 0. The fourth-order valence-electron chi connectivity index (χ4n) is 8.03. The van der Waals surface area contributed by atoms with Crippen molar-refractivity contribution in [1.29, 1.82) is 0 Å². The Kier molecular flexibility index (Phi) is 6.57. The number of rotatable bonds is 5. The largest absolute Gasteiger partial charge is 0.309 e. The summed E-state index contributed by atoms with van der Waals surface area (Å²) < 4.78 is 4.90. The van der Waals surface area contributed by atoms with Gasteiger partial charge in [-0.1, -0.05) is 121 Å². The molecule has 2 heteroatoms. The Labute approximate surface area is 292 Å². The predicted octanol–water partition coefficient (Wildman–Crippen LogP) is 11.9. The van der Waals surface area contributed by atoms with Gasteiger partial charge in [0.1, 0.15) is 0 Å². The van der Waals surface area contributed by atoms with E-state index in [2.05, 4.69) is 191 Å². The molecular weight excluding hydrogens is 605 g/mol. The summed E-state index contributed by atoms with van der Waals surface area (Å²) in [4.78, 5) is 0. The fourth-order valence-corrected chi connectivity index (χ4v) is 8.03. The van der Waals surface area contributed by atoms with E-state index < -0.39 is 0 Å². The van der Waals surface area contributed by atoms with Crippen LogP contribution < -0.4 is 0 Å². The van der Waals surface area contributed by atoms with E-state index >= 15 is 0 Å². The van der Waals surface area contributed by atoms with Crippen molar-refractivity contribution in [3.05, 3.63) is 193 Å². The number of hydrogen-bond acceptors (Lipinski definition) is 0. The van der Waals surface area contributed by atoms with Crippen LogP contribution in [0.3, 0.4) is 0 Å². The molecule has 0 amide bonds. The molecule has 234 valence electrons. The first kappa shape index (κ1) is 28.5. The van der Waals surface area contributed by atoms with Crippen molar-refractivity contribution in [3.63, 3.8) is 0 Å². The smallest absolute Gasteiger partial charge is 0.0971 e. The Bertz CT molecular complexity index is 2600. The molecule has 50 heavy (non-hydrogen) atoms. The van der Waals surface area contributed by atoms with Crippen molar-refractivity contribution >= 4 is 21.8 Å². The Balaban J connectivity index is 1.14. The molecule has 0 bridgehead atoms. The molecule has 0 saturated carbocycles. The highest BCUT2D eigenvalue weighted by molar-refractivity contribution is 6.05. The molecule has 0 aliphatic heterocycles. The zero-order valence-corrected chi connectivity index (χ0v) is 27.5. The van der Waals surface area contributed by atoms with E-state index in [4.69, 9.17) is 0 Å². The normalized spacial score (nSPS) is 12.1. The monoisotopic (exact) mass is 636 g/mol. The van der Waals surface area contributed by atoms with Crippen molar-refractivity contribution in [3.8, 4) is 56.0 Å². The Morgan fingerprint density at radius 3 is 1.62 bits per heavy atom. The second-order valence-corrected chi connectivity index (χ2v) is 13.1. The van der Waals surface area contributed by atoms with E-state index in [-0.39, 0.29) is 0 Å². The second-order valence-electron chi connectivity index (χ2n) is 13.1. The van der Waals surface area contributed by atoms with Crippen LogP contribution in [-0.4, -0.2) is 9.13 Å². The average Bonchev–Trinajstić information content (AvgIpc) is 3.72. The highest BCUT2D eigenvalue weighted by Crippen LogP contribution is 2.47. The Morgan fingerprint density at radius 2 is 0.980 bits per heavy atom. The average molecular weight is 637 g/mol. The van der Waals surface area contributed by atoms with Gasteiger partial charge in [-0.15, -0.1) is 0 Å². The number of hydrogen-bond donors (Lipinski definition) is 0. The first-order valence-electron chi connectivity index (χ1n) is 17.3. The van der Waals surface area contributed by atoms with Gasteiger partial charge in [0, 0.05) is 33.3 Å². The maximum Gasteiger partial charge on any atom is 0.0971 e. The van der Waals surface area contributed by atoms with Gasteiger partial charge in [-0.2, -0.15) is 0 Å². The minimum absolute atomic E-state index is 0.953. The molecule has 9 aromatic rings.